The highest BCUT2D eigenvalue weighted by molar-refractivity contribution is 6.02. The number of furan rings is 1. The van der Waals surface area contributed by atoms with Crippen molar-refractivity contribution in [2.24, 2.45) is 0 Å². The first-order valence-electron chi connectivity index (χ1n) is 9.46. The SMILES string of the molecule is Cc1occc1C(=O)N1CCCC1C(=O)Nc1ccccc1Oc1cccnc1. The van der Waals surface area contributed by atoms with E-state index in [0.717, 1.165) is 6.42 Å². The van der Waals surface area contributed by atoms with Gasteiger partial charge in [-0.25, -0.2) is 0 Å². The van der Waals surface area contributed by atoms with E-state index in [2.05, 4.69) is 10.3 Å². The molecule has 3 aromatic rings. The number of benzene rings is 1. The number of aromatic nitrogens is 1. The first-order valence-corrected chi connectivity index (χ1v) is 9.46. The molecule has 2 amide bonds. The summed E-state index contributed by atoms with van der Waals surface area (Å²) in [7, 11) is 0. The van der Waals surface area contributed by atoms with E-state index >= 15 is 0 Å². The van der Waals surface area contributed by atoms with Crippen molar-refractivity contribution >= 4 is 17.5 Å². The monoisotopic (exact) mass is 391 g/mol. The highest BCUT2D eigenvalue weighted by atomic mass is 16.5. The van der Waals surface area contributed by atoms with Crippen LogP contribution in [0.1, 0.15) is 29.0 Å². The second-order valence-electron chi connectivity index (χ2n) is 6.82. The highest BCUT2D eigenvalue weighted by Gasteiger charge is 2.35. The number of hydrogen-bond acceptors (Lipinski definition) is 5. The van der Waals surface area contributed by atoms with Gasteiger partial charge in [-0.2, -0.15) is 0 Å². The fourth-order valence-corrected chi connectivity index (χ4v) is 3.45. The summed E-state index contributed by atoms with van der Waals surface area (Å²) < 4.78 is 11.1. The zero-order valence-corrected chi connectivity index (χ0v) is 16.0. The number of ether oxygens (including phenoxy) is 1. The summed E-state index contributed by atoms with van der Waals surface area (Å²) >= 11 is 0. The maximum Gasteiger partial charge on any atom is 0.258 e. The smallest absolute Gasteiger partial charge is 0.258 e. The van der Waals surface area contributed by atoms with Crippen molar-refractivity contribution in [1.82, 2.24) is 9.88 Å². The minimum atomic E-state index is -0.539. The quantitative estimate of drug-likeness (QED) is 0.710. The van der Waals surface area contributed by atoms with Gasteiger partial charge in [-0.1, -0.05) is 12.1 Å². The molecule has 0 spiro atoms. The van der Waals surface area contributed by atoms with Crippen molar-refractivity contribution in [3.63, 3.8) is 0 Å². The van der Waals surface area contributed by atoms with Crippen molar-refractivity contribution in [1.29, 1.82) is 0 Å². The van der Waals surface area contributed by atoms with Crippen molar-refractivity contribution in [2.75, 3.05) is 11.9 Å². The van der Waals surface area contributed by atoms with Crippen molar-refractivity contribution < 1.29 is 18.7 Å². The Kier molecular flexibility index (Phi) is 5.29. The third kappa shape index (κ3) is 3.99. The van der Waals surface area contributed by atoms with Gasteiger partial charge in [0.15, 0.2) is 5.75 Å². The molecule has 1 saturated heterocycles. The van der Waals surface area contributed by atoms with E-state index in [1.165, 1.54) is 6.26 Å². The minimum absolute atomic E-state index is 0.186. The second-order valence-corrected chi connectivity index (χ2v) is 6.82. The van der Waals surface area contributed by atoms with Gasteiger partial charge < -0.3 is 19.4 Å². The normalized spacial score (nSPS) is 15.9. The van der Waals surface area contributed by atoms with Crippen LogP contribution >= 0.6 is 0 Å². The van der Waals surface area contributed by atoms with Crippen molar-refractivity contribution in [2.45, 2.75) is 25.8 Å². The van der Waals surface area contributed by atoms with Crippen LogP contribution < -0.4 is 10.1 Å². The molecule has 1 atom stereocenters. The third-order valence-electron chi connectivity index (χ3n) is 4.91. The van der Waals surface area contributed by atoms with E-state index < -0.39 is 6.04 Å². The molecule has 29 heavy (non-hydrogen) atoms. The molecule has 1 fully saturated rings. The van der Waals surface area contributed by atoms with Gasteiger partial charge in [0.1, 0.15) is 17.6 Å². The highest BCUT2D eigenvalue weighted by Crippen LogP contribution is 2.30. The average Bonchev–Trinajstić information content (AvgIpc) is 3.39. The number of nitrogens with zero attached hydrogens (tertiary/aromatic N) is 2. The molecule has 148 valence electrons. The molecule has 1 aromatic carbocycles. The number of nitrogens with one attached hydrogen (secondary N) is 1. The Labute approximate surface area is 168 Å². The second kappa shape index (κ2) is 8.18. The first kappa shape index (κ1) is 18.7. The van der Waals surface area contributed by atoms with Crippen LogP contribution in [0.25, 0.3) is 0 Å². The van der Waals surface area contributed by atoms with Crippen LogP contribution in [0, 0.1) is 6.92 Å². The maximum absolute atomic E-state index is 13.0. The lowest BCUT2D eigenvalue weighted by Crippen LogP contribution is -2.43. The Morgan fingerprint density at radius 2 is 2.07 bits per heavy atom. The zero-order chi connectivity index (χ0) is 20.2. The fourth-order valence-electron chi connectivity index (χ4n) is 3.45. The molecular formula is C22H21N3O4. The van der Waals surface area contributed by atoms with Gasteiger partial charge in [-0.3, -0.25) is 14.6 Å². The summed E-state index contributed by atoms with van der Waals surface area (Å²) in [6.07, 6.45) is 6.13. The number of anilines is 1. The van der Waals surface area contributed by atoms with E-state index in [1.807, 2.05) is 12.1 Å². The Hall–Kier alpha value is -3.61. The number of pyridine rings is 1. The molecule has 0 bridgehead atoms. The fraction of sp³-hybridized carbons (Fsp3) is 0.227. The number of carbonyl (C=O) groups excluding carboxylic acids is 2. The minimum Gasteiger partial charge on any atom is -0.469 e. The van der Waals surface area contributed by atoms with Gasteiger partial charge in [0, 0.05) is 12.7 Å². The van der Waals surface area contributed by atoms with Crippen LogP contribution in [0.2, 0.25) is 0 Å². The van der Waals surface area contributed by atoms with E-state index in [1.54, 1.807) is 54.5 Å². The molecular weight excluding hydrogens is 370 g/mol. The molecule has 4 rings (SSSR count). The van der Waals surface area contributed by atoms with E-state index in [-0.39, 0.29) is 11.8 Å². The molecule has 1 N–H and O–H groups in total. The number of para-hydroxylation sites is 2. The molecule has 0 radical (unpaired) electrons. The first-order chi connectivity index (χ1) is 14.1. The molecule has 2 aromatic heterocycles. The van der Waals surface area contributed by atoms with Crippen molar-refractivity contribution in [3.8, 4) is 11.5 Å². The van der Waals surface area contributed by atoms with Gasteiger partial charge in [0.2, 0.25) is 5.91 Å². The van der Waals surface area contributed by atoms with Gasteiger partial charge >= 0.3 is 0 Å². The van der Waals surface area contributed by atoms with Gasteiger partial charge in [0.25, 0.3) is 5.91 Å². The van der Waals surface area contributed by atoms with Crippen LogP contribution in [0.15, 0.2) is 65.5 Å². The summed E-state index contributed by atoms with van der Waals surface area (Å²) in [5, 5.41) is 2.92. The zero-order valence-electron chi connectivity index (χ0n) is 16.0. The molecule has 1 unspecified atom stereocenters. The van der Waals surface area contributed by atoms with Crippen LogP contribution in [0.4, 0.5) is 5.69 Å². The number of hydrogen-bond donors (Lipinski definition) is 1. The number of rotatable bonds is 5. The Morgan fingerprint density at radius 1 is 1.21 bits per heavy atom. The molecule has 7 nitrogen and oxygen atoms in total. The number of carbonyl (C=O) groups is 2. The summed E-state index contributed by atoms with van der Waals surface area (Å²) in [5.41, 5.74) is 1.03. The predicted molar refractivity (Wildman–Crippen MR) is 107 cm³/mol. The molecule has 0 saturated carbocycles. The Morgan fingerprint density at radius 3 is 2.83 bits per heavy atom. The maximum atomic E-state index is 13.0. The van der Waals surface area contributed by atoms with E-state index in [9.17, 15) is 9.59 Å². The Bertz CT molecular complexity index is 1020. The average molecular weight is 391 g/mol. The molecule has 7 heteroatoms. The summed E-state index contributed by atoms with van der Waals surface area (Å²) in [6.45, 7) is 2.28. The lowest BCUT2D eigenvalue weighted by atomic mass is 10.1. The molecule has 3 heterocycles. The number of amides is 2. The van der Waals surface area contributed by atoms with E-state index in [4.69, 9.17) is 9.15 Å². The van der Waals surface area contributed by atoms with Crippen LogP contribution in [0.3, 0.4) is 0 Å². The largest absolute Gasteiger partial charge is 0.469 e. The molecule has 1 aliphatic heterocycles. The Balaban J connectivity index is 1.51. The summed E-state index contributed by atoms with van der Waals surface area (Å²) in [4.78, 5) is 31.5. The van der Waals surface area contributed by atoms with Gasteiger partial charge in [-0.05, 0) is 50.1 Å². The topological polar surface area (TPSA) is 84.7 Å². The van der Waals surface area contributed by atoms with Gasteiger partial charge in [-0.15, -0.1) is 0 Å². The van der Waals surface area contributed by atoms with Crippen molar-refractivity contribution in [3.05, 3.63) is 72.4 Å². The standard InChI is InChI=1S/C22H21N3O4/c1-15-17(10-13-28-15)22(27)25-12-5-8-19(25)21(26)24-18-7-2-3-9-20(18)29-16-6-4-11-23-14-16/h2-4,6-7,9-11,13-14,19H,5,8,12H2,1H3,(H,24,26). The number of aryl methyl sites for hydroxylation is 1. The lowest BCUT2D eigenvalue weighted by Gasteiger charge is -2.24. The molecule has 1 aliphatic rings. The van der Waals surface area contributed by atoms with Gasteiger partial charge in [0.05, 0.1) is 23.7 Å². The van der Waals surface area contributed by atoms with E-state index in [0.29, 0.717) is 41.5 Å². The van der Waals surface area contributed by atoms with Crippen LogP contribution in [-0.2, 0) is 4.79 Å². The molecule has 0 aliphatic carbocycles. The number of likely N-dealkylation sites (tertiary alicyclic amines) is 1. The van der Waals surface area contributed by atoms with Crippen LogP contribution in [-0.4, -0.2) is 34.3 Å². The summed E-state index contributed by atoms with van der Waals surface area (Å²) in [6, 6.07) is 11.9. The third-order valence-corrected chi connectivity index (χ3v) is 4.91. The van der Waals surface area contributed by atoms with Crippen LogP contribution in [0.5, 0.6) is 11.5 Å². The predicted octanol–water partition coefficient (Wildman–Crippen LogP) is 4.02. The summed E-state index contributed by atoms with van der Waals surface area (Å²) in [5.74, 6) is 1.21. The lowest BCUT2D eigenvalue weighted by molar-refractivity contribution is -0.119.